The van der Waals surface area contributed by atoms with E-state index in [-0.39, 0.29) is 12.4 Å². The van der Waals surface area contributed by atoms with Crippen LogP contribution in [0.4, 0.5) is 0 Å². The first-order valence-electron chi connectivity index (χ1n) is 3.79. The van der Waals surface area contributed by atoms with Crippen LogP contribution in [0.3, 0.4) is 0 Å². The average molecular weight is 144 g/mol. The molecule has 0 aromatic rings. The van der Waals surface area contributed by atoms with E-state index in [1.54, 1.807) is 0 Å². The van der Waals surface area contributed by atoms with E-state index in [9.17, 15) is 0 Å². The third-order valence-electron chi connectivity index (χ3n) is 1.94. The lowest BCUT2D eigenvalue weighted by Crippen LogP contribution is -2.55. The first kappa shape index (κ1) is 6.58. The smallest absolute Gasteiger partial charge is 0.183 e. The highest BCUT2D eigenvalue weighted by Gasteiger charge is 2.42. The molecule has 3 saturated heterocycles. The number of hydrogen-bond donors (Lipinski definition) is 0. The zero-order valence-corrected chi connectivity index (χ0v) is 6.08. The molecular weight excluding hydrogens is 132 g/mol. The van der Waals surface area contributed by atoms with Gasteiger partial charge in [-0.1, -0.05) is 0 Å². The molecule has 0 saturated carbocycles. The molecule has 3 nitrogen and oxygen atoms in total. The van der Waals surface area contributed by atoms with Crippen LogP contribution < -0.4 is 0 Å². The Hall–Kier alpha value is -0.120. The Morgan fingerprint density at radius 2 is 2.40 bits per heavy atom. The predicted molar refractivity (Wildman–Crippen MR) is 34.6 cm³/mol. The van der Waals surface area contributed by atoms with Crippen LogP contribution in [0.25, 0.3) is 0 Å². The van der Waals surface area contributed by atoms with E-state index in [0.717, 1.165) is 6.42 Å². The molecule has 3 aliphatic heterocycles. The lowest BCUT2D eigenvalue weighted by molar-refractivity contribution is -0.326. The van der Waals surface area contributed by atoms with Crippen molar-refractivity contribution in [2.75, 3.05) is 13.2 Å². The van der Waals surface area contributed by atoms with Crippen molar-refractivity contribution in [1.82, 2.24) is 0 Å². The van der Waals surface area contributed by atoms with E-state index >= 15 is 0 Å². The fraction of sp³-hybridized carbons (Fsp3) is 1.00. The van der Waals surface area contributed by atoms with Crippen molar-refractivity contribution in [2.45, 2.75) is 31.8 Å². The van der Waals surface area contributed by atoms with Crippen LogP contribution in [-0.4, -0.2) is 31.7 Å². The molecule has 0 spiro atoms. The Balaban J connectivity index is 1.84. The molecule has 3 heteroatoms. The van der Waals surface area contributed by atoms with Gasteiger partial charge in [-0.25, -0.2) is 0 Å². The van der Waals surface area contributed by atoms with Gasteiger partial charge in [0.1, 0.15) is 6.10 Å². The van der Waals surface area contributed by atoms with Gasteiger partial charge in [0, 0.05) is 13.0 Å². The van der Waals surface area contributed by atoms with E-state index in [0.29, 0.717) is 19.3 Å². The minimum atomic E-state index is -0.0880. The largest absolute Gasteiger partial charge is 0.367 e. The molecule has 0 radical (unpaired) electrons. The van der Waals surface area contributed by atoms with Gasteiger partial charge in [-0.2, -0.15) is 0 Å². The van der Waals surface area contributed by atoms with Gasteiger partial charge in [-0.05, 0) is 6.92 Å². The lowest BCUT2D eigenvalue weighted by Gasteiger charge is -2.45. The highest BCUT2D eigenvalue weighted by molar-refractivity contribution is 4.84. The summed E-state index contributed by atoms with van der Waals surface area (Å²) in [6.45, 7) is 3.38. The molecule has 3 fully saturated rings. The van der Waals surface area contributed by atoms with Gasteiger partial charge in [0.25, 0.3) is 0 Å². The van der Waals surface area contributed by atoms with Crippen molar-refractivity contribution < 1.29 is 14.2 Å². The molecule has 0 aromatic heterocycles. The average Bonchev–Trinajstić information content (AvgIpc) is 1.87. The summed E-state index contributed by atoms with van der Waals surface area (Å²) >= 11 is 0. The van der Waals surface area contributed by atoms with E-state index < -0.39 is 0 Å². The van der Waals surface area contributed by atoms with Crippen LogP contribution in [0.5, 0.6) is 0 Å². The van der Waals surface area contributed by atoms with Crippen molar-refractivity contribution in [3.8, 4) is 0 Å². The lowest BCUT2D eigenvalue weighted by atomic mass is 10.0. The normalized spacial score (nSPS) is 44.7. The van der Waals surface area contributed by atoms with Crippen LogP contribution in [0.15, 0.2) is 0 Å². The summed E-state index contributed by atoms with van der Waals surface area (Å²) in [7, 11) is 0. The maximum absolute atomic E-state index is 5.39. The number of fused-ring (bicyclic) bond motifs is 2. The molecule has 58 valence electrons. The molecule has 0 amide bonds. The predicted octanol–water partition coefficient (Wildman–Crippen LogP) is 0.537. The van der Waals surface area contributed by atoms with Crippen molar-refractivity contribution in [3.63, 3.8) is 0 Å². The second-order valence-corrected chi connectivity index (χ2v) is 2.69. The van der Waals surface area contributed by atoms with Crippen LogP contribution in [0.2, 0.25) is 0 Å². The Morgan fingerprint density at radius 3 is 2.90 bits per heavy atom. The molecular formula is C7H12O3. The summed E-state index contributed by atoms with van der Waals surface area (Å²) in [5.74, 6) is 0. The first-order chi connectivity index (χ1) is 4.90. The number of ether oxygens (including phenoxy) is 3. The molecule has 3 atom stereocenters. The summed E-state index contributed by atoms with van der Waals surface area (Å²) < 4.78 is 16.0. The maximum atomic E-state index is 5.39. The number of rotatable bonds is 2. The molecule has 3 aliphatic rings. The Bertz CT molecular complexity index is 115. The monoisotopic (exact) mass is 144 g/mol. The van der Waals surface area contributed by atoms with Gasteiger partial charge in [0.05, 0.1) is 12.7 Å². The fourth-order valence-corrected chi connectivity index (χ4v) is 1.41. The highest BCUT2D eigenvalue weighted by Crippen LogP contribution is 2.31. The second kappa shape index (κ2) is 2.49. The van der Waals surface area contributed by atoms with Crippen molar-refractivity contribution >= 4 is 0 Å². The topological polar surface area (TPSA) is 27.7 Å². The molecule has 0 aromatic carbocycles. The molecule has 10 heavy (non-hydrogen) atoms. The van der Waals surface area contributed by atoms with Crippen LogP contribution in [0.1, 0.15) is 13.3 Å². The van der Waals surface area contributed by atoms with E-state index in [1.807, 2.05) is 6.92 Å². The van der Waals surface area contributed by atoms with Crippen molar-refractivity contribution in [1.29, 1.82) is 0 Å². The molecule has 3 rings (SSSR count). The fourth-order valence-electron chi connectivity index (χ4n) is 1.41. The summed E-state index contributed by atoms with van der Waals surface area (Å²) in [5.41, 5.74) is 0. The molecule has 0 N–H and O–H groups in total. The maximum Gasteiger partial charge on any atom is 0.183 e. The Labute approximate surface area is 60.3 Å². The first-order valence-corrected chi connectivity index (χ1v) is 3.79. The SMILES string of the molecule is CCOC1OCC2CC1O2. The molecule has 3 heterocycles. The van der Waals surface area contributed by atoms with Gasteiger partial charge in [-0.15, -0.1) is 0 Å². The minimum absolute atomic E-state index is 0.0880. The Kier molecular flexibility index (Phi) is 1.64. The standard InChI is InChI=1S/C7H12O3/c1-2-8-7-6-3-5(10-6)4-9-7/h5-7H,2-4H2,1H3. The zero-order valence-electron chi connectivity index (χ0n) is 6.08. The molecule has 0 aliphatic carbocycles. The van der Waals surface area contributed by atoms with Gasteiger partial charge < -0.3 is 14.2 Å². The van der Waals surface area contributed by atoms with Crippen LogP contribution in [0, 0.1) is 0 Å². The third-order valence-corrected chi connectivity index (χ3v) is 1.94. The zero-order chi connectivity index (χ0) is 6.97. The summed E-state index contributed by atoms with van der Waals surface area (Å²) in [6, 6.07) is 0. The highest BCUT2D eigenvalue weighted by atomic mass is 16.7. The van der Waals surface area contributed by atoms with Crippen molar-refractivity contribution in [2.24, 2.45) is 0 Å². The summed E-state index contributed by atoms with van der Waals surface area (Å²) in [4.78, 5) is 0. The second-order valence-electron chi connectivity index (χ2n) is 2.69. The molecule has 3 unspecified atom stereocenters. The van der Waals surface area contributed by atoms with Crippen LogP contribution >= 0.6 is 0 Å². The van der Waals surface area contributed by atoms with E-state index in [4.69, 9.17) is 14.2 Å². The third kappa shape index (κ3) is 0.944. The number of hydrogen-bond acceptors (Lipinski definition) is 3. The van der Waals surface area contributed by atoms with E-state index in [2.05, 4.69) is 0 Å². The minimum Gasteiger partial charge on any atom is -0.367 e. The summed E-state index contributed by atoms with van der Waals surface area (Å²) in [5, 5.41) is 0. The quantitative estimate of drug-likeness (QED) is 0.566. The van der Waals surface area contributed by atoms with Crippen molar-refractivity contribution in [3.05, 3.63) is 0 Å². The van der Waals surface area contributed by atoms with Gasteiger partial charge in [-0.3, -0.25) is 0 Å². The Morgan fingerprint density at radius 1 is 1.60 bits per heavy atom. The van der Waals surface area contributed by atoms with Gasteiger partial charge >= 0.3 is 0 Å². The van der Waals surface area contributed by atoms with Crippen LogP contribution in [-0.2, 0) is 14.2 Å². The van der Waals surface area contributed by atoms with E-state index in [1.165, 1.54) is 0 Å². The van der Waals surface area contributed by atoms with Gasteiger partial charge in [0.15, 0.2) is 6.29 Å². The summed E-state index contributed by atoms with van der Waals surface area (Å²) in [6.07, 6.45) is 1.61. The molecule has 2 bridgehead atoms. The van der Waals surface area contributed by atoms with Gasteiger partial charge in [0.2, 0.25) is 0 Å².